The lowest BCUT2D eigenvalue weighted by molar-refractivity contribution is -0.131. The molecule has 0 spiro atoms. The third kappa shape index (κ3) is 4.43. The number of hydrogen-bond donors (Lipinski definition) is 0. The van der Waals surface area contributed by atoms with E-state index in [0.29, 0.717) is 12.1 Å². The van der Waals surface area contributed by atoms with Gasteiger partial charge in [-0.3, -0.25) is 0 Å². The van der Waals surface area contributed by atoms with Gasteiger partial charge in [0.2, 0.25) is 5.83 Å². The van der Waals surface area contributed by atoms with E-state index in [2.05, 4.69) is 4.74 Å². The number of hydrogen-bond acceptors (Lipinski definition) is 2. The van der Waals surface area contributed by atoms with E-state index in [4.69, 9.17) is 0 Å². The third-order valence-electron chi connectivity index (χ3n) is 3.29. The van der Waals surface area contributed by atoms with Gasteiger partial charge in [-0.15, -0.1) is 0 Å². The van der Waals surface area contributed by atoms with Gasteiger partial charge < -0.3 is 4.74 Å². The molecule has 0 amide bonds. The number of rotatable bonds is 5. The van der Waals surface area contributed by atoms with Gasteiger partial charge in [-0.25, -0.2) is 22.4 Å². The van der Waals surface area contributed by atoms with Crippen LogP contribution in [-0.2, 0) is 11.2 Å². The van der Waals surface area contributed by atoms with Gasteiger partial charge in [-0.1, -0.05) is 37.6 Å². The largest absolute Gasteiger partial charge is 0.421 e. The normalized spacial score (nSPS) is 11.9. The van der Waals surface area contributed by atoms with Gasteiger partial charge >= 0.3 is 5.97 Å². The van der Waals surface area contributed by atoms with Crippen molar-refractivity contribution >= 4 is 11.8 Å². The van der Waals surface area contributed by atoms with Gasteiger partial charge in [0.1, 0.15) is 5.75 Å². The van der Waals surface area contributed by atoms with Crippen molar-refractivity contribution in [3.8, 4) is 5.75 Å². The van der Waals surface area contributed by atoms with Crippen molar-refractivity contribution in [2.75, 3.05) is 0 Å². The van der Waals surface area contributed by atoms with Gasteiger partial charge in [-0.05, 0) is 12.0 Å². The summed E-state index contributed by atoms with van der Waals surface area (Å²) in [7, 11) is 0. The van der Waals surface area contributed by atoms with Crippen LogP contribution in [0.25, 0.3) is 5.83 Å². The zero-order chi connectivity index (χ0) is 18.6. The van der Waals surface area contributed by atoms with Crippen LogP contribution in [0, 0.1) is 17.5 Å². The maximum atomic E-state index is 14.0. The standard InChI is InChI=1S/C18H13F5O2/c1-2-3-10-4-6-11(7-5-10)15(21)17(23)18(24)25-12-8-13(19)16(22)14(20)9-12/h4-9H,2-3H2,1H3. The molecule has 0 bridgehead atoms. The first kappa shape index (κ1) is 18.6. The van der Waals surface area contributed by atoms with Crippen LogP contribution in [0.2, 0.25) is 0 Å². The molecule has 0 aliphatic rings. The molecule has 0 saturated heterocycles. The first-order chi connectivity index (χ1) is 11.8. The smallest absolute Gasteiger partial charge is 0.375 e. The Labute approximate surface area is 140 Å². The van der Waals surface area contributed by atoms with Crippen LogP contribution in [0.15, 0.2) is 42.2 Å². The first-order valence-electron chi connectivity index (χ1n) is 7.34. The second-order valence-electron chi connectivity index (χ2n) is 5.17. The van der Waals surface area contributed by atoms with Crippen molar-refractivity contribution in [3.63, 3.8) is 0 Å². The summed E-state index contributed by atoms with van der Waals surface area (Å²) in [5.74, 6) is -10.9. The third-order valence-corrected chi connectivity index (χ3v) is 3.29. The van der Waals surface area contributed by atoms with Crippen molar-refractivity contribution < 1.29 is 31.5 Å². The Bertz CT molecular complexity index is 790. The van der Waals surface area contributed by atoms with Crippen molar-refractivity contribution in [1.82, 2.24) is 0 Å². The van der Waals surface area contributed by atoms with Crippen LogP contribution in [0.5, 0.6) is 5.75 Å². The summed E-state index contributed by atoms with van der Waals surface area (Å²) in [5.41, 5.74) is 0.727. The van der Waals surface area contributed by atoms with Crippen molar-refractivity contribution in [2.45, 2.75) is 19.8 Å². The number of carbonyl (C=O) groups is 1. The number of ether oxygens (including phenoxy) is 1. The van der Waals surface area contributed by atoms with Crippen molar-refractivity contribution in [1.29, 1.82) is 0 Å². The predicted molar refractivity (Wildman–Crippen MR) is 81.5 cm³/mol. The van der Waals surface area contributed by atoms with Crippen LogP contribution in [0.1, 0.15) is 24.5 Å². The highest BCUT2D eigenvalue weighted by molar-refractivity contribution is 5.94. The molecule has 132 valence electrons. The molecule has 0 aromatic heterocycles. The quantitative estimate of drug-likeness (QED) is 0.240. The van der Waals surface area contributed by atoms with Gasteiger partial charge in [0.05, 0.1) is 0 Å². The minimum absolute atomic E-state index is 0.189. The highest BCUT2D eigenvalue weighted by Crippen LogP contribution is 2.25. The maximum absolute atomic E-state index is 14.0. The molecule has 0 aliphatic heterocycles. The predicted octanol–water partition coefficient (Wildman–Crippen LogP) is 5.27. The molecule has 2 nitrogen and oxygen atoms in total. The van der Waals surface area contributed by atoms with E-state index in [-0.39, 0.29) is 5.56 Å². The molecular weight excluding hydrogens is 343 g/mol. The van der Waals surface area contributed by atoms with Crippen molar-refractivity contribution in [2.24, 2.45) is 0 Å². The summed E-state index contributed by atoms with van der Waals surface area (Å²) in [6, 6.07) is 6.46. The fourth-order valence-corrected chi connectivity index (χ4v) is 2.07. The average Bonchev–Trinajstić information content (AvgIpc) is 2.59. The molecule has 0 fully saturated rings. The molecule has 0 saturated carbocycles. The van der Waals surface area contributed by atoms with E-state index >= 15 is 0 Å². The number of halogens is 5. The molecule has 0 aliphatic carbocycles. The monoisotopic (exact) mass is 356 g/mol. The van der Waals surface area contributed by atoms with Crippen LogP contribution in [0.4, 0.5) is 22.0 Å². The Hall–Kier alpha value is -2.70. The molecule has 0 N–H and O–H groups in total. The highest BCUT2D eigenvalue weighted by atomic mass is 19.2. The van der Waals surface area contributed by atoms with Crippen LogP contribution >= 0.6 is 0 Å². The fourth-order valence-electron chi connectivity index (χ4n) is 2.07. The molecule has 7 heteroatoms. The minimum atomic E-state index is -1.87. The Morgan fingerprint density at radius 3 is 2.08 bits per heavy atom. The van der Waals surface area contributed by atoms with Crippen molar-refractivity contribution in [3.05, 3.63) is 70.8 Å². The molecule has 2 aromatic rings. The molecule has 2 rings (SSSR count). The molecule has 25 heavy (non-hydrogen) atoms. The van der Waals surface area contributed by atoms with Crippen LogP contribution in [0.3, 0.4) is 0 Å². The van der Waals surface area contributed by atoms with E-state index < -0.39 is 40.8 Å². The van der Waals surface area contributed by atoms with Gasteiger partial charge in [0, 0.05) is 17.7 Å². The Morgan fingerprint density at radius 2 is 1.56 bits per heavy atom. The first-order valence-corrected chi connectivity index (χ1v) is 7.34. The number of benzene rings is 2. The Morgan fingerprint density at radius 1 is 1.00 bits per heavy atom. The van der Waals surface area contributed by atoms with E-state index in [9.17, 15) is 26.7 Å². The SMILES string of the molecule is CCCc1ccc(C(F)=C(F)C(=O)Oc2cc(F)c(F)c(F)c2)cc1. The van der Waals surface area contributed by atoms with Gasteiger partial charge in [-0.2, -0.15) is 4.39 Å². The molecular formula is C18H13F5O2. The van der Waals surface area contributed by atoms with E-state index in [1.54, 1.807) is 12.1 Å². The Kier molecular flexibility index (Phi) is 5.90. The van der Waals surface area contributed by atoms with Gasteiger partial charge in [0.15, 0.2) is 23.3 Å². The number of esters is 1. The summed E-state index contributed by atoms with van der Waals surface area (Å²) in [6.45, 7) is 1.96. The topological polar surface area (TPSA) is 26.3 Å². The molecule has 0 radical (unpaired) electrons. The highest BCUT2D eigenvalue weighted by Gasteiger charge is 2.21. The number of carbonyl (C=O) groups excluding carboxylic acids is 1. The lowest BCUT2D eigenvalue weighted by Crippen LogP contribution is -2.10. The average molecular weight is 356 g/mol. The van der Waals surface area contributed by atoms with E-state index in [1.165, 1.54) is 12.1 Å². The fraction of sp³-hybridized carbons (Fsp3) is 0.167. The Balaban J connectivity index is 2.21. The molecule has 0 heterocycles. The second-order valence-corrected chi connectivity index (χ2v) is 5.17. The van der Waals surface area contributed by atoms with Crippen LogP contribution < -0.4 is 4.74 Å². The zero-order valence-corrected chi connectivity index (χ0v) is 13.1. The molecule has 0 unspecified atom stereocenters. The summed E-state index contributed by atoms with van der Waals surface area (Å²) in [4.78, 5) is 11.6. The van der Waals surface area contributed by atoms with Crippen LogP contribution in [-0.4, -0.2) is 5.97 Å². The summed E-state index contributed by atoms with van der Waals surface area (Å²) in [5, 5.41) is 0. The van der Waals surface area contributed by atoms with Gasteiger partial charge in [0.25, 0.3) is 0 Å². The lowest BCUT2D eigenvalue weighted by atomic mass is 10.1. The van der Waals surface area contributed by atoms with E-state index in [0.717, 1.165) is 18.4 Å². The second kappa shape index (κ2) is 7.92. The number of aryl methyl sites for hydroxylation is 1. The zero-order valence-electron chi connectivity index (χ0n) is 13.1. The summed E-state index contributed by atoms with van der Waals surface area (Å²) >= 11 is 0. The molecule has 0 atom stereocenters. The van der Waals surface area contributed by atoms with E-state index in [1.807, 2.05) is 6.92 Å². The summed E-state index contributed by atoms with van der Waals surface area (Å²) in [6.07, 6.45) is 1.64. The lowest BCUT2D eigenvalue weighted by Gasteiger charge is -2.06. The molecule has 2 aromatic carbocycles. The minimum Gasteiger partial charge on any atom is -0.421 e. The maximum Gasteiger partial charge on any atom is 0.375 e. The summed E-state index contributed by atoms with van der Waals surface area (Å²) < 4.78 is 71.1.